The number of nitrogens with one attached hydrogen (secondary N) is 7. The Kier molecular flexibility index (Phi) is 28.6. The average molecular weight is 1410 g/mol. The van der Waals surface area contributed by atoms with Crippen molar-refractivity contribution in [1.82, 2.24) is 61.8 Å². The molecule has 2 aliphatic heterocycles. The van der Waals surface area contributed by atoms with Crippen molar-refractivity contribution in [3.05, 3.63) is 56.8 Å². The number of nitrogens with zero attached hydrogens (tertiary/aromatic N) is 6. The molecule has 2 aliphatic rings. The number of hydrogen-bond donors (Lipinski definition) is 22. The third kappa shape index (κ3) is 21.1. The van der Waals surface area contributed by atoms with Crippen molar-refractivity contribution in [3.63, 3.8) is 0 Å². The Balaban J connectivity index is 1.24. The number of aliphatic hydroxyl groups excluding tert-OH is 8. The molecule has 0 saturated carbocycles. The van der Waals surface area contributed by atoms with Crippen LogP contribution in [0.15, 0.2) is 28.3 Å². The highest BCUT2D eigenvalue weighted by Gasteiger charge is 2.54. The van der Waals surface area contributed by atoms with Crippen LogP contribution < -0.4 is 72.0 Å². The van der Waals surface area contributed by atoms with Gasteiger partial charge in [0.1, 0.15) is 88.5 Å². The first-order valence-electron chi connectivity index (χ1n) is 29.9. The number of primary amides is 3. The topological polar surface area (TPSA) is 691 Å². The van der Waals surface area contributed by atoms with Gasteiger partial charge in [0.05, 0.1) is 66.1 Å². The lowest BCUT2D eigenvalue weighted by Crippen LogP contribution is -2.65. The van der Waals surface area contributed by atoms with E-state index in [2.05, 4.69) is 66.8 Å². The summed E-state index contributed by atoms with van der Waals surface area (Å²) < 4.78 is 28.1. The molecule has 6 rings (SSSR count). The van der Waals surface area contributed by atoms with E-state index in [0.717, 1.165) is 12.5 Å². The molecule has 6 heterocycles. The first-order valence-corrected chi connectivity index (χ1v) is 31.6. The minimum Gasteiger partial charge on any atom is -0.440 e. The van der Waals surface area contributed by atoms with E-state index < -0.39 is 176 Å². The minimum atomic E-state index is -2.28. The monoisotopic (exact) mass is 1410 g/mol. The maximum Gasteiger partial charge on any atom is 0.404 e. The number of imidazole rings is 1. The Bertz CT molecular complexity index is 3370. The number of unbranched alkanes of at least 4 members (excludes halogenated alkanes) is 1. The molecule has 97 heavy (non-hydrogen) atoms. The zero-order valence-corrected chi connectivity index (χ0v) is 54.2. The Morgan fingerprint density at radius 1 is 0.784 bits per heavy atom. The van der Waals surface area contributed by atoms with E-state index in [1.165, 1.54) is 50.4 Å². The third-order valence-corrected chi connectivity index (χ3v) is 16.9. The number of anilines is 1. The first kappa shape index (κ1) is 77.6. The number of hydrogen-bond acceptors (Lipinski definition) is 32. The van der Waals surface area contributed by atoms with Gasteiger partial charge in [-0.05, 0) is 33.6 Å². The minimum absolute atomic E-state index is 0.0179. The zero-order chi connectivity index (χ0) is 71.7. The quantitative estimate of drug-likeness (QED) is 0.0116. The normalized spacial score (nSPS) is 23.7. The molecule has 0 aliphatic carbocycles. The van der Waals surface area contributed by atoms with Crippen LogP contribution in [0.2, 0.25) is 0 Å². The predicted molar refractivity (Wildman–Crippen MR) is 335 cm³/mol. The van der Waals surface area contributed by atoms with Gasteiger partial charge >= 0.3 is 6.09 Å². The Morgan fingerprint density at radius 3 is 2.14 bits per heavy atom. The highest BCUT2D eigenvalue weighted by Crippen LogP contribution is 2.35. The van der Waals surface area contributed by atoms with E-state index >= 15 is 4.79 Å². The number of carbonyl (C=O) groups is 8. The molecule has 19 unspecified atom stereocenters. The molecule has 0 aromatic carbocycles. The second-order valence-electron chi connectivity index (χ2n) is 22.5. The summed E-state index contributed by atoms with van der Waals surface area (Å²) in [6.45, 7) is 4.35. The van der Waals surface area contributed by atoms with Crippen LogP contribution in [-0.2, 0) is 54.1 Å². The molecule has 41 nitrogen and oxygen atoms in total. The van der Waals surface area contributed by atoms with Crippen molar-refractivity contribution in [3.8, 4) is 10.7 Å². The molecule has 2 fully saturated rings. The number of rotatable bonds is 35. The molecular formula is C54H82N20O21S2. The van der Waals surface area contributed by atoms with Gasteiger partial charge < -0.3 is 142 Å². The van der Waals surface area contributed by atoms with Gasteiger partial charge in [0, 0.05) is 55.3 Å². The van der Waals surface area contributed by atoms with Crippen LogP contribution >= 0.6 is 22.7 Å². The lowest BCUT2D eigenvalue weighted by molar-refractivity contribution is -0.388. The number of ether oxygens (including phenoxy) is 5. The van der Waals surface area contributed by atoms with Gasteiger partial charge in [-0.15, -0.1) is 22.7 Å². The maximum atomic E-state index is 15.2. The lowest BCUT2D eigenvalue weighted by atomic mass is 9.96. The van der Waals surface area contributed by atoms with E-state index in [-0.39, 0.29) is 60.0 Å². The van der Waals surface area contributed by atoms with Gasteiger partial charge in [-0.25, -0.2) is 29.7 Å². The molecule has 2 saturated heterocycles. The van der Waals surface area contributed by atoms with E-state index in [1.54, 1.807) is 10.8 Å². The first-order chi connectivity index (χ1) is 45.8. The average Bonchev–Trinajstić information content (AvgIpc) is 1.15. The molecule has 19 atom stereocenters. The highest BCUT2D eigenvalue weighted by atomic mass is 32.1. The summed E-state index contributed by atoms with van der Waals surface area (Å²) in [4.78, 5) is 134. The third-order valence-electron chi connectivity index (χ3n) is 15.1. The van der Waals surface area contributed by atoms with E-state index in [9.17, 15) is 74.4 Å². The SMILES string of the molecule is Cc1c(N)nc(C(CC(N)=O)NCC(N)C(N)=O)nc1C(=O)NC(C(=O)NC(C)C(O)C(C)C(=O)NC(C(=O)NCCc1nc(-c2nc(C(=O)NCCCCN=C(N)N)cs2)cs1)C(C)O)C(OC1OC(CO)C(O)C(O)C1OC1OC(O)C(O)C(OC(N)=O)C1O)c1cnc[nH]1. The fourth-order valence-corrected chi connectivity index (χ4v) is 11.3. The highest BCUT2D eigenvalue weighted by molar-refractivity contribution is 7.14. The van der Waals surface area contributed by atoms with Crippen molar-refractivity contribution in [2.24, 2.45) is 45.3 Å². The fraction of sp³-hybridized carbons (Fsp3) is 0.593. The summed E-state index contributed by atoms with van der Waals surface area (Å²) in [6.07, 6.45) is -25.1. The molecular weight excluding hydrogens is 1330 g/mol. The molecule has 8 amide bonds. The summed E-state index contributed by atoms with van der Waals surface area (Å²) in [5.41, 5.74) is 38.5. The molecule has 29 N–H and O–H groups in total. The number of aromatic amines is 1. The molecule has 0 spiro atoms. The van der Waals surface area contributed by atoms with Crippen LogP contribution in [0.1, 0.15) is 95.2 Å². The Labute approximate surface area is 559 Å². The van der Waals surface area contributed by atoms with Crippen LogP contribution in [-0.4, -0.2) is 255 Å². The van der Waals surface area contributed by atoms with Crippen molar-refractivity contribution >= 4 is 81.9 Å². The fourth-order valence-electron chi connectivity index (χ4n) is 9.65. The van der Waals surface area contributed by atoms with Gasteiger partial charge in [-0.2, -0.15) is 0 Å². The van der Waals surface area contributed by atoms with Gasteiger partial charge in [0.25, 0.3) is 11.8 Å². The summed E-state index contributed by atoms with van der Waals surface area (Å²) >= 11 is 2.46. The Hall–Kier alpha value is -8.38. The summed E-state index contributed by atoms with van der Waals surface area (Å²) in [5, 5.41) is 108. The smallest absolute Gasteiger partial charge is 0.404 e. The summed E-state index contributed by atoms with van der Waals surface area (Å²) in [5.74, 6) is -8.88. The number of nitrogen functional groups attached to an aromatic ring is 1. The maximum absolute atomic E-state index is 15.2. The van der Waals surface area contributed by atoms with Crippen LogP contribution in [0.4, 0.5) is 10.6 Å². The number of nitrogens with two attached hydrogens (primary N) is 7. The van der Waals surface area contributed by atoms with Gasteiger partial charge in [-0.3, -0.25) is 38.6 Å². The lowest BCUT2D eigenvalue weighted by Gasteiger charge is -2.46. The summed E-state index contributed by atoms with van der Waals surface area (Å²) in [6, 6.07) is -7.90. The van der Waals surface area contributed by atoms with Gasteiger partial charge in [0.15, 0.2) is 30.9 Å². The van der Waals surface area contributed by atoms with Crippen LogP contribution in [0.3, 0.4) is 0 Å². The van der Waals surface area contributed by atoms with Gasteiger partial charge in [0.2, 0.25) is 29.5 Å². The zero-order valence-electron chi connectivity index (χ0n) is 52.6. The van der Waals surface area contributed by atoms with Crippen molar-refractivity contribution < 1.29 is 103 Å². The number of H-pyrrole nitrogens is 1. The number of aromatic nitrogens is 6. The second-order valence-corrected chi connectivity index (χ2v) is 24.3. The molecule has 0 bridgehead atoms. The number of carbonyl (C=O) groups excluding carboxylic acids is 8. The van der Waals surface area contributed by atoms with Crippen molar-refractivity contribution in [2.45, 2.75) is 163 Å². The van der Waals surface area contributed by atoms with E-state index in [0.29, 0.717) is 41.6 Å². The van der Waals surface area contributed by atoms with Crippen LogP contribution in [0.25, 0.3) is 10.7 Å². The molecule has 0 radical (unpaired) electrons. The number of guanidine groups is 1. The molecule has 43 heteroatoms. The summed E-state index contributed by atoms with van der Waals surface area (Å²) in [7, 11) is 0. The van der Waals surface area contributed by atoms with Gasteiger partial charge in [-0.1, -0.05) is 6.92 Å². The number of aliphatic hydroxyl groups is 8. The van der Waals surface area contributed by atoms with E-state index in [4.69, 9.17) is 63.8 Å². The number of amides is 8. The van der Waals surface area contributed by atoms with Crippen molar-refractivity contribution in [1.29, 1.82) is 0 Å². The number of aliphatic imine (C=N–C) groups is 1. The largest absolute Gasteiger partial charge is 0.440 e. The van der Waals surface area contributed by atoms with E-state index in [1.807, 2.05) is 0 Å². The molecule has 4 aromatic rings. The Morgan fingerprint density at radius 2 is 1.51 bits per heavy atom. The van der Waals surface area contributed by atoms with Crippen molar-refractivity contribution in [2.75, 3.05) is 38.5 Å². The molecule has 4 aromatic heterocycles. The van der Waals surface area contributed by atoms with Crippen LogP contribution in [0, 0.1) is 12.8 Å². The molecule has 536 valence electrons. The van der Waals surface area contributed by atoms with Crippen LogP contribution in [0.5, 0.6) is 0 Å². The standard InChI is InChI=1S/C54H82N20O21S2/c1-18-30(71-43(74-41(18)57)23(11-28(56)77)66-12-22(55)42(58)83)47(87)73-32(38(24-13-62-17-67-24)92-52-40(35(80)34(79)27(14-75)91-52)93-51-37(82)39(94-54(61)90)36(81)50(89)95-51)48(88)68-20(3)33(78)19(2)44(84)72-31(21(4)76)46(86)64-10-7-29-69-26(16-96-29)49-70-25(15-97-49)45(85)63-8-5-6-9-65-53(59)60/h13,15-17,19-23,27,31-40,50-52,66,75-76,78-82,89H,5-12,14,55H2,1-4H3,(H2,56,77)(H2,58,83)(H2,61,90)(H,62,67)(H,63,85)(H,64,86)(H,68,88)(H,72,84)(H,73,87)(H2,57,71,74)(H4,59,60,65). The second kappa shape index (κ2) is 35.7. The predicted octanol–water partition coefficient (Wildman–Crippen LogP) is -8.96. The number of thiazole rings is 2.